The van der Waals surface area contributed by atoms with E-state index < -0.39 is 6.10 Å². The standard InChI is InChI=1S/C21H31N3O4/c1-22-11-13-23(14-12-22)18-9-10-24(15-20(18)26)21(27)8-7-19(25)16-3-5-17(28-2)6-4-16/h3-6,18,20,26H,7-15H2,1-2H3/t18-,20-/m1/s1. The molecule has 1 aromatic rings. The van der Waals surface area contributed by atoms with E-state index in [1.165, 1.54) is 0 Å². The third-order valence-electron chi connectivity index (χ3n) is 5.88. The van der Waals surface area contributed by atoms with Gasteiger partial charge in [-0.1, -0.05) is 0 Å². The van der Waals surface area contributed by atoms with Crippen LogP contribution in [-0.4, -0.2) is 97.1 Å². The summed E-state index contributed by atoms with van der Waals surface area (Å²) < 4.78 is 5.09. The Morgan fingerprint density at radius 1 is 1.07 bits per heavy atom. The summed E-state index contributed by atoms with van der Waals surface area (Å²) in [6.45, 7) is 4.94. The van der Waals surface area contributed by atoms with Gasteiger partial charge in [0.15, 0.2) is 5.78 Å². The minimum atomic E-state index is -0.529. The summed E-state index contributed by atoms with van der Waals surface area (Å²) in [6, 6.07) is 7.05. The largest absolute Gasteiger partial charge is 0.497 e. The van der Waals surface area contributed by atoms with E-state index in [4.69, 9.17) is 4.74 Å². The molecule has 2 aliphatic rings. The van der Waals surface area contributed by atoms with Gasteiger partial charge in [-0.2, -0.15) is 0 Å². The van der Waals surface area contributed by atoms with Gasteiger partial charge in [0, 0.05) is 63.7 Å². The van der Waals surface area contributed by atoms with E-state index in [2.05, 4.69) is 16.8 Å². The zero-order valence-electron chi connectivity index (χ0n) is 16.8. The van der Waals surface area contributed by atoms with Crippen LogP contribution < -0.4 is 4.74 Å². The van der Waals surface area contributed by atoms with Gasteiger partial charge in [0.1, 0.15) is 5.75 Å². The Labute approximate surface area is 166 Å². The molecule has 0 aliphatic carbocycles. The van der Waals surface area contributed by atoms with Gasteiger partial charge >= 0.3 is 0 Å². The number of hydrogen-bond acceptors (Lipinski definition) is 6. The number of piperazine rings is 1. The molecule has 0 radical (unpaired) electrons. The number of methoxy groups -OCH3 is 1. The topological polar surface area (TPSA) is 73.3 Å². The van der Waals surface area contributed by atoms with E-state index in [-0.39, 0.29) is 30.6 Å². The Bertz CT molecular complexity index is 671. The highest BCUT2D eigenvalue weighted by molar-refractivity contribution is 5.98. The maximum absolute atomic E-state index is 12.5. The van der Waals surface area contributed by atoms with Crippen molar-refractivity contribution in [2.24, 2.45) is 0 Å². The molecule has 2 fully saturated rings. The first-order valence-electron chi connectivity index (χ1n) is 10.0. The highest BCUT2D eigenvalue weighted by Gasteiger charge is 2.34. The number of nitrogens with zero attached hydrogens (tertiary/aromatic N) is 3. The van der Waals surface area contributed by atoms with Gasteiger partial charge in [0.05, 0.1) is 13.2 Å². The first kappa shape index (κ1) is 20.8. The van der Waals surface area contributed by atoms with Crippen LogP contribution in [-0.2, 0) is 4.79 Å². The van der Waals surface area contributed by atoms with Crippen molar-refractivity contribution < 1.29 is 19.4 Å². The number of carbonyl (C=O) groups excluding carboxylic acids is 2. The fourth-order valence-electron chi connectivity index (χ4n) is 4.03. The molecule has 1 N–H and O–H groups in total. The average molecular weight is 389 g/mol. The number of ketones is 1. The number of rotatable bonds is 6. The molecule has 1 aromatic carbocycles. The Morgan fingerprint density at radius 2 is 1.75 bits per heavy atom. The van der Waals surface area contributed by atoms with Gasteiger partial charge in [-0.25, -0.2) is 0 Å². The highest BCUT2D eigenvalue weighted by Crippen LogP contribution is 2.20. The zero-order valence-corrected chi connectivity index (χ0v) is 16.8. The summed E-state index contributed by atoms with van der Waals surface area (Å²) in [5, 5.41) is 10.6. The van der Waals surface area contributed by atoms with Crippen LogP contribution in [0.3, 0.4) is 0 Å². The molecule has 0 bridgehead atoms. The normalized spacial score (nSPS) is 24.2. The van der Waals surface area contributed by atoms with Crippen LogP contribution in [0.1, 0.15) is 29.6 Å². The predicted octanol–water partition coefficient (Wildman–Crippen LogP) is 0.867. The van der Waals surface area contributed by atoms with Gasteiger partial charge in [0.25, 0.3) is 0 Å². The summed E-state index contributed by atoms with van der Waals surface area (Å²) in [5.41, 5.74) is 0.586. The number of amides is 1. The molecule has 2 heterocycles. The molecule has 3 rings (SSSR count). The summed E-state index contributed by atoms with van der Waals surface area (Å²) in [4.78, 5) is 31.2. The number of piperidine rings is 1. The Kier molecular flexibility index (Phi) is 7.04. The summed E-state index contributed by atoms with van der Waals surface area (Å²) >= 11 is 0. The lowest BCUT2D eigenvalue weighted by Crippen LogP contribution is -2.59. The summed E-state index contributed by atoms with van der Waals surface area (Å²) in [7, 11) is 3.69. The molecule has 2 aliphatic heterocycles. The minimum Gasteiger partial charge on any atom is -0.497 e. The smallest absolute Gasteiger partial charge is 0.223 e. The van der Waals surface area contributed by atoms with Crippen molar-refractivity contribution in [3.63, 3.8) is 0 Å². The molecular formula is C21H31N3O4. The van der Waals surface area contributed by atoms with Crippen LogP contribution in [0.15, 0.2) is 24.3 Å². The Morgan fingerprint density at radius 3 is 2.36 bits per heavy atom. The lowest BCUT2D eigenvalue weighted by atomic mass is 9.98. The first-order chi connectivity index (χ1) is 13.5. The SMILES string of the molecule is COc1ccc(C(=O)CCC(=O)N2CC[C@@H](N3CCN(C)CC3)[C@H](O)C2)cc1. The third kappa shape index (κ3) is 5.10. The van der Waals surface area contributed by atoms with Crippen molar-refractivity contribution in [1.82, 2.24) is 14.7 Å². The van der Waals surface area contributed by atoms with Crippen LogP contribution in [0, 0.1) is 0 Å². The number of ether oxygens (including phenoxy) is 1. The number of carbonyl (C=O) groups is 2. The van der Waals surface area contributed by atoms with E-state index in [1.807, 2.05) is 0 Å². The molecule has 2 atom stereocenters. The van der Waals surface area contributed by atoms with Crippen molar-refractivity contribution in [2.45, 2.75) is 31.4 Å². The van der Waals surface area contributed by atoms with Crippen LogP contribution in [0.25, 0.3) is 0 Å². The van der Waals surface area contributed by atoms with E-state index >= 15 is 0 Å². The fraction of sp³-hybridized carbons (Fsp3) is 0.619. The lowest BCUT2D eigenvalue weighted by molar-refractivity contribution is -0.136. The molecule has 0 saturated carbocycles. The van der Waals surface area contributed by atoms with E-state index in [1.54, 1.807) is 36.3 Å². The Balaban J connectivity index is 1.45. The number of Topliss-reactive ketones (excluding diaryl/α,β-unsaturated/α-hetero) is 1. The molecule has 1 amide bonds. The van der Waals surface area contributed by atoms with E-state index in [0.717, 1.165) is 32.6 Å². The van der Waals surface area contributed by atoms with Crippen LogP contribution in [0.4, 0.5) is 0 Å². The zero-order chi connectivity index (χ0) is 20.1. The molecule has 7 nitrogen and oxygen atoms in total. The predicted molar refractivity (Wildman–Crippen MR) is 107 cm³/mol. The minimum absolute atomic E-state index is 0.0520. The molecule has 0 unspecified atom stereocenters. The lowest BCUT2D eigenvalue weighted by Gasteiger charge is -2.44. The molecule has 154 valence electrons. The van der Waals surface area contributed by atoms with Crippen LogP contribution in [0.2, 0.25) is 0 Å². The fourth-order valence-corrected chi connectivity index (χ4v) is 4.03. The number of benzene rings is 1. The molecule has 28 heavy (non-hydrogen) atoms. The van der Waals surface area contributed by atoms with Crippen molar-refractivity contribution in [2.75, 3.05) is 53.4 Å². The molecule has 2 saturated heterocycles. The molecule has 7 heteroatoms. The van der Waals surface area contributed by atoms with E-state index in [0.29, 0.717) is 24.4 Å². The monoisotopic (exact) mass is 389 g/mol. The third-order valence-corrected chi connectivity index (χ3v) is 5.88. The molecule has 0 aromatic heterocycles. The van der Waals surface area contributed by atoms with Crippen LogP contribution >= 0.6 is 0 Å². The number of β-amino-alcohol motifs (C(OH)–C–C–N with tert-alkyl or cyclic N) is 1. The van der Waals surface area contributed by atoms with Gasteiger partial charge in [0.2, 0.25) is 5.91 Å². The van der Waals surface area contributed by atoms with E-state index in [9.17, 15) is 14.7 Å². The number of likely N-dealkylation sites (tertiary alicyclic amines) is 1. The van der Waals surface area contributed by atoms with Crippen molar-refractivity contribution in [3.8, 4) is 5.75 Å². The van der Waals surface area contributed by atoms with Gasteiger partial charge in [-0.15, -0.1) is 0 Å². The van der Waals surface area contributed by atoms with Crippen molar-refractivity contribution in [1.29, 1.82) is 0 Å². The summed E-state index contributed by atoms with van der Waals surface area (Å²) in [6.07, 6.45) is 0.609. The maximum Gasteiger partial charge on any atom is 0.223 e. The second-order valence-corrected chi connectivity index (χ2v) is 7.75. The van der Waals surface area contributed by atoms with Crippen LogP contribution in [0.5, 0.6) is 5.75 Å². The summed E-state index contributed by atoms with van der Waals surface area (Å²) in [5.74, 6) is 0.589. The average Bonchev–Trinajstić information content (AvgIpc) is 2.72. The Hall–Kier alpha value is -1.96. The number of likely N-dealkylation sites (N-methyl/N-ethyl adjacent to an activating group) is 1. The van der Waals surface area contributed by atoms with Gasteiger partial charge in [-0.05, 0) is 37.7 Å². The maximum atomic E-state index is 12.5. The van der Waals surface area contributed by atoms with Crippen molar-refractivity contribution in [3.05, 3.63) is 29.8 Å². The second-order valence-electron chi connectivity index (χ2n) is 7.75. The van der Waals surface area contributed by atoms with Crippen molar-refractivity contribution >= 4 is 11.7 Å². The number of hydrogen-bond donors (Lipinski definition) is 1. The quantitative estimate of drug-likeness (QED) is 0.728. The first-order valence-corrected chi connectivity index (χ1v) is 10.0. The number of aliphatic hydroxyl groups is 1. The van der Waals surface area contributed by atoms with Gasteiger partial charge in [-0.3, -0.25) is 14.5 Å². The molecular weight excluding hydrogens is 358 g/mol. The second kappa shape index (κ2) is 9.49. The molecule has 0 spiro atoms. The van der Waals surface area contributed by atoms with Gasteiger partial charge < -0.3 is 19.6 Å². The highest BCUT2D eigenvalue weighted by atomic mass is 16.5. The number of aliphatic hydroxyl groups excluding tert-OH is 1.